The van der Waals surface area contributed by atoms with E-state index in [0.717, 1.165) is 16.7 Å². The highest BCUT2D eigenvalue weighted by atomic mass is 32.2. The van der Waals surface area contributed by atoms with Crippen molar-refractivity contribution in [3.63, 3.8) is 0 Å². The van der Waals surface area contributed by atoms with E-state index < -0.39 is 10.0 Å². The number of nitrogens with two attached hydrogens (primary N) is 1. The molecule has 0 aliphatic carbocycles. The normalized spacial score (nSPS) is 11.0. The Hall–Kier alpha value is -3.16. The van der Waals surface area contributed by atoms with Gasteiger partial charge in [-0.15, -0.1) is 0 Å². The minimum absolute atomic E-state index is 0.0310. The van der Waals surface area contributed by atoms with E-state index in [9.17, 15) is 13.2 Å². The van der Waals surface area contributed by atoms with Crippen molar-refractivity contribution in [2.45, 2.75) is 11.4 Å². The van der Waals surface area contributed by atoms with Crippen molar-refractivity contribution in [1.29, 1.82) is 0 Å². The fraction of sp³-hybridized carbons (Fsp3) is 0.0952. The maximum absolute atomic E-state index is 12.1. The van der Waals surface area contributed by atoms with Crippen LogP contribution in [-0.4, -0.2) is 20.9 Å². The maximum Gasteiger partial charge on any atom is 0.258 e. The van der Waals surface area contributed by atoms with E-state index in [4.69, 9.17) is 9.88 Å². The average molecular weight is 396 g/mol. The first-order valence-electron chi connectivity index (χ1n) is 8.59. The van der Waals surface area contributed by atoms with Crippen LogP contribution in [0.25, 0.3) is 11.1 Å². The van der Waals surface area contributed by atoms with E-state index >= 15 is 0 Å². The second-order valence-electron chi connectivity index (χ2n) is 6.12. The zero-order chi connectivity index (χ0) is 20.0. The van der Waals surface area contributed by atoms with Gasteiger partial charge in [0.1, 0.15) is 5.75 Å². The summed E-state index contributed by atoms with van der Waals surface area (Å²) in [5.41, 5.74) is 2.67. The van der Waals surface area contributed by atoms with Gasteiger partial charge in [-0.1, -0.05) is 60.7 Å². The number of carbonyl (C=O) groups excluding carboxylic acids is 1. The van der Waals surface area contributed by atoms with Gasteiger partial charge in [0.2, 0.25) is 10.0 Å². The van der Waals surface area contributed by atoms with Crippen LogP contribution in [-0.2, 0) is 21.4 Å². The van der Waals surface area contributed by atoms with Gasteiger partial charge in [0.15, 0.2) is 6.61 Å². The molecule has 0 heterocycles. The van der Waals surface area contributed by atoms with Gasteiger partial charge in [-0.25, -0.2) is 13.6 Å². The lowest BCUT2D eigenvalue weighted by atomic mass is 10.1. The first-order valence-corrected chi connectivity index (χ1v) is 10.1. The fourth-order valence-corrected chi connectivity index (χ4v) is 3.16. The number of amides is 1. The molecule has 3 aromatic rings. The van der Waals surface area contributed by atoms with Crippen LogP contribution < -0.4 is 15.2 Å². The van der Waals surface area contributed by atoms with Crippen molar-refractivity contribution < 1.29 is 17.9 Å². The van der Waals surface area contributed by atoms with E-state index in [0.29, 0.717) is 5.75 Å². The van der Waals surface area contributed by atoms with Crippen LogP contribution in [0, 0.1) is 0 Å². The van der Waals surface area contributed by atoms with Crippen molar-refractivity contribution >= 4 is 15.9 Å². The summed E-state index contributed by atoms with van der Waals surface area (Å²) in [6.07, 6.45) is 0. The largest absolute Gasteiger partial charge is 0.483 e. The standard InChI is InChI=1S/C21H20N2O4S/c22-28(25,26)18-12-10-16(11-13-18)14-23-21(24)15-27-20-9-5-4-8-19(20)17-6-2-1-3-7-17/h1-13H,14-15H2,(H,23,24)(H2,22,25,26). The highest BCUT2D eigenvalue weighted by Crippen LogP contribution is 2.29. The summed E-state index contributed by atoms with van der Waals surface area (Å²) in [5, 5.41) is 7.81. The molecule has 0 saturated heterocycles. The Labute approximate surface area is 164 Å². The van der Waals surface area contributed by atoms with Crippen LogP contribution in [0.15, 0.2) is 83.8 Å². The van der Waals surface area contributed by atoms with Crippen LogP contribution in [0.1, 0.15) is 5.56 Å². The number of para-hydroxylation sites is 1. The smallest absolute Gasteiger partial charge is 0.258 e. The van der Waals surface area contributed by atoms with Gasteiger partial charge in [0, 0.05) is 12.1 Å². The van der Waals surface area contributed by atoms with Gasteiger partial charge in [0.05, 0.1) is 4.90 Å². The highest BCUT2D eigenvalue weighted by molar-refractivity contribution is 7.89. The van der Waals surface area contributed by atoms with Crippen LogP contribution in [0.4, 0.5) is 0 Å². The second-order valence-corrected chi connectivity index (χ2v) is 7.68. The monoisotopic (exact) mass is 396 g/mol. The number of nitrogens with one attached hydrogen (secondary N) is 1. The number of ether oxygens (including phenoxy) is 1. The van der Waals surface area contributed by atoms with Crippen LogP contribution >= 0.6 is 0 Å². The Balaban J connectivity index is 1.57. The topological polar surface area (TPSA) is 98.5 Å². The lowest BCUT2D eigenvalue weighted by Gasteiger charge is -2.12. The van der Waals surface area contributed by atoms with Crippen LogP contribution in [0.2, 0.25) is 0 Å². The molecule has 0 fully saturated rings. The summed E-state index contributed by atoms with van der Waals surface area (Å²) in [4.78, 5) is 12.1. The molecule has 0 radical (unpaired) electrons. The van der Waals surface area contributed by atoms with Gasteiger partial charge < -0.3 is 10.1 Å². The van der Waals surface area contributed by atoms with Crippen molar-refractivity contribution in [2.24, 2.45) is 5.14 Å². The Kier molecular flexibility index (Phi) is 6.08. The molecule has 0 saturated carbocycles. The Bertz CT molecular complexity index is 1050. The summed E-state index contributed by atoms with van der Waals surface area (Å²) in [6.45, 7) is 0.131. The maximum atomic E-state index is 12.1. The minimum atomic E-state index is -3.72. The average Bonchev–Trinajstić information content (AvgIpc) is 2.71. The lowest BCUT2D eigenvalue weighted by Crippen LogP contribution is -2.28. The van der Waals surface area contributed by atoms with Gasteiger partial charge in [0.25, 0.3) is 5.91 Å². The molecule has 0 spiro atoms. The lowest BCUT2D eigenvalue weighted by molar-refractivity contribution is -0.123. The predicted octanol–water partition coefficient (Wildman–Crippen LogP) is 2.70. The Morgan fingerprint density at radius 3 is 2.21 bits per heavy atom. The van der Waals surface area contributed by atoms with Gasteiger partial charge in [-0.2, -0.15) is 0 Å². The number of carbonyl (C=O) groups is 1. The SMILES string of the molecule is NS(=O)(=O)c1ccc(CNC(=O)COc2ccccc2-c2ccccc2)cc1. The summed E-state index contributed by atoms with van der Waals surface area (Å²) >= 11 is 0. The molecule has 0 aromatic heterocycles. The van der Waals surface area contributed by atoms with Crippen molar-refractivity contribution in [1.82, 2.24) is 5.32 Å². The molecular formula is C21H20N2O4S. The number of hydrogen-bond acceptors (Lipinski definition) is 4. The minimum Gasteiger partial charge on any atom is -0.483 e. The molecule has 3 aromatic carbocycles. The van der Waals surface area contributed by atoms with Gasteiger partial charge >= 0.3 is 0 Å². The van der Waals surface area contributed by atoms with E-state index in [1.54, 1.807) is 12.1 Å². The molecule has 0 atom stereocenters. The second kappa shape index (κ2) is 8.69. The summed E-state index contributed by atoms with van der Waals surface area (Å²) in [7, 11) is -3.72. The zero-order valence-electron chi connectivity index (χ0n) is 15.0. The number of primary sulfonamides is 1. The molecule has 28 heavy (non-hydrogen) atoms. The van der Waals surface area contributed by atoms with Crippen LogP contribution in [0.5, 0.6) is 5.75 Å². The first-order chi connectivity index (χ1) is 13.4. The van der Waals surface area contributed by atoms with E-state index in [1.807, 2.05) is 54.6 Å². The predicted molar refractivity (Wildman–Crippen MR) is 107 cm³/mol. The third kappa shape index (κ3) is 5.18. The molecule has 6 nitrogen and oxygen atoms in total. The van der Waals surface area contributed by atoms with Crippen molar-refractivity contribution in [2.75, 3.05) is 6.61 Å². The third-order valence-electron chi connectivity index (χ3n) is 4.07. The van der Waals surface area contributed by atoms with Gasteiger partial charge in [-0.05, 0) is 29.3 Å². The zero-order valence-corrected chi connectivity index (χ0v) is 15.9. The van der Waals surface area contributed by atoms with E-state index in [2.05, 4.69) is 5.32 Å². The van der Waals surface area contributed by atoms with Crippen molar-refractivity contribution in [3.05, 3.63) is 84.4 Å². The molecule has 0 unspecified atom stereocenters. The molecule has 0 bridgehead atoms. The summed E-state index contributed by atoms with van der Waals surface area (Å²) in [6, 6.07) is 23.3. The van der Waals surface area contributed by atoms with Gasteiger partial charge in [-0.3, -0.25) is 4.79 Å². The number of sulfonamides is 1. The summed E-state index contributed by atoms with van der Waals surface area (Å²) in [5.74, 6) is 0.347. The molecule has 144 valence electrons. The Morgan fingerprint density at radius 2 is 1.54 bits per heavy atom. The highest BCUT2D eigenvalue weighted by Gasteiger charge is 2.09. The molecule has 1 amide bonds. The Morgan fingerprint density at radius 1 is 0.893 bits per heavy atom. The molecule has 0 aliphatic heterocycles. The number of hydrogen-bond donors (Lipinski definition) is 2. The molecule has 7 heteroatoms. The van der Waals surface area contributed by atoms with E-state index in [-0.39, 0.29) is 24.0 Å². The first kappa shape index (κ1) is 19.6. The molecule has 3 N–H and O–H groups in total. The van der Waals surface area contributed by atoms with Crippen LogP contribution in [0.3, 0.4) is 0 Å². The molecule has 0 aliphatic rings. The van der Waals surface area contributed by atoms with Crippen molar-refractivity contribution in [3.8, 4) is 16.9 Å². The third-order valence-corrected chi connectivity index (χ3v) is 5.00. The fourth-order valence-electron chi connectivity index (χ4n) is 2.64. The summed E-state index contributed by atoms with van der Waals surface area (Å²) < 4.78 is 28.2. The quantitative estimate of drug-likeness (QED) is 0.641. The number of benzene rings is 3. The molecular weight excluding hydrogens is 376 g/mol. The molecule has 3 rings (SSSR count). The number of rotatable bonds is 7. The van der Waals surface area contributed by atoms with E-state index in [1.165, 1.54) is 12.1 Å².